The lowest BCUT2D eigenvalue weighted by molar-refractivity contribution is -0.161. The molecule has 7 atom stereocenters. The van der Waals surface area contributed by atoms with E-state index in [4.69, 9.17) is 37.0 Å². The van der Waals surface area contributed by atoms with Gasteiger partial charge < -0.3 is 33.8 Å². The molecule has 0 saturated heterocycles. The fourth-order valence-corrected chi connectivity index (χ4v) is 13.5. The molecular weight excluding hydrogens is 1270 g/mol. The van der Waals surface area contributed by atoms with Gasteiger partial charge in [-0.25, -0.2) is 9.13 Å². The molecule has 0 rings (SSSR count). The Kier molecular flexibility index (Phi) is 68.4. The number of ether oxygens (including phenoxy) is 4. The predicted molar refractivity (Wildman–Crippen MR) is 395 cm³/mol. The number of hydrogen-bond donors (Lipinski definition) is 3. The van der Waals surface area contributed by atoms with Gasteiger partial charge in [-0.15, -0.1) is 0 Å². The van der Waals surface area contributed by atoms with Crippen molar-refractivity contribution in [3.63, 3.8) is 0 Å². The van der Waals surface area contributed by atoms with E-state index in [0.29, 0.717) is 25.7 Å². The fraction of sp³-hybridized carbons (Fsp3) is 0.949. The zero-order chi connectivity index (χ0) is 71.4. The highest BCUT2D eigenvalue weighted by atomic mass is 31.2. The summed E-state index contributed by atoms with van der Waals surface area (Å²) >= 11 is 0. The van der Waals surface area contributed by atoms with Crippen LogP contribution in [-0.4, -0.2) is 96.7 Å². The molecule has 19 heteroatoms. The van der Waals surface area contributed by atoms with Gasteiger partial charge in [0, 0.05) is 25.7 Å². The number of rotatable bonds is 77. The van der Waals surface area contributed by atoms with Crippen molar-refractivity contribution in [2.75, 3.05) is 39.6 Å². The lowest BCUT2D eigenvalue weighted by Gasteiger charge is -2.21. The van der Waals surface area contributed by atoms with Crippen molar-refractivity contribution >= 4 is 39.5 Å². The van der Waals surface area contributed by atoms with Crippen molar-refractivity contribution in [3.05, 3.63) is 0 Å². The summed E-state index contributed by atoms with van der Waals surface area (Å²) in [5, 5.41) is 10.6. The van der Waals surface area contributed by atoms with E-state index in [1.165, 1.54) is 225 Å². The molecule has 0 radical (unpaired) electrons. The van der Waals surface area contributed by atoms with Crippen molar-refractivity contribution < 1.29 is 80.2 Å². The molecule has 0 heterocycles. The Morgan fingerprint density at radius 1 is 0.289 bits per heavy atom. The summed E-state index contributed by atoms with van der Waals surface area (Å²) in [6.07, 6.45) is 58.1. The number of carbonyl (C=O) groups excluding carboxylic acids is 4. The number of aliphatic hydroxyl groups is 1. The maximum absolute atomic E-state index is 13.1. The van der Waals surface area contributed by atoms with E-state index in [0.717, 1.165) is 102 Å². The van der Waals surface area contributed by atoms with E-state index in [2.05, 4.69) is 41.5 Å². The third-order valence-corrected chi connectivity index (χ3v) is 20.8. The number of esters is 4. The zero-order valence-electron chi connectivity index (χ0n) is 63.4. The van der Waals surface area contributed by atoms with E-state index in [1.807, 2.05) is 0 Å². The van der Waals surface area contributed by atoms with Crippen LogP contribution in [0, 0.1) is 11.8 Å². The van der Waals surface area contributed by atoms with Crippen molar-refractivity contribution in [3.8, 4) is 0 Å². The SMILES string of the molecule is CCCCCCCCCCCCCCCCCCCCC(=O)O[C@H](COC(=O)CCCCCCCCCCCCCCCCC)COP(=O)(O)OC[C@@H](O)COP(=O)(O)OC[C@@H](COC(=O)CCCCCCCCCCC(C)CC)OC(=O)CCCCCCCCCCC(C)CC. The molecular formula is C78H152O17P2. The molecule has 17 nitrogen and oxygen atoms in total. The normalized spacial score (nSPS) is 14.5. The van der Waals surface area contributed by atoms with Crippen LogP contribution in [0.1, 0.15) is 408 Å². The minimum atomic E-state index is -4.96. The highest BCUT2D eigenvalue weighted by Crippen LogP contribution is 2.45. The minimum Gasteiger partial charge on any atom is -0.462 e. The van der Waals surface area contributed by atoms with Crippen LogP contribution >= 0.6 is 15.6 Å². The van der Waals surface area contributed by atoms with E-state index in [-0.39, 0.29) is 25.7 Å². The molecule has 0 aromatic heterocycles. The van der Waals surface area contributed by atoms with Gasteiger partial charge in [0.15, 0.2) is 12.2 Å². The van der Waals surface area contributed by atoms with Crippen LogP contribution in [0.5, 0.6) is 0 Å². The topological polar surface area (TPSA) is 237 Å². The molecule has 0 aromatic carbocycles. The second-order valence-electron chi connectivity index (χ2n) is 28.6. The van der Waals surface area contributed by atoms with Crippen LogP contribution < -0.4 is 0 Å². The van der Waals surface area contributed by atoms with Gasteiger partial charge >= 0.3 is 39.5 Å². The molecule has 97 heavy (non-hydrogen) atoms. The first-order chi connectivity index (χ1) is 46.9. The summed E-state index contributed by atoms with van der Waals surface area (Å²) in [7, 11) is -9.92. The highest BCUT2D eigenvalue weighted by molar-refractivity contribution is 7.47. The molecule has 576 valence electrons. The second-order valence-corrected chi connectivity index (χ2v) is 31.5. The maximum Gasteiger partial charge on any atom is 0.472 e. The van der Waals surface area contributed by atoms with E-state index in [1.54, 1.807) is 0 Å². The number of hydrogen-bond acceptors (Lipinski definition) is 15. The third-order valence-electron chi connectivity index (χ3n) is 18.9. The fourth-order valence-electron chi connectivity index (χ4n) is 11.9. The largest absolute Gasteiger partial charge is 0.472 e. The Morgan fingerprint density at radius 3 is 0.732 bits per heavy atom. The molecule has 0 aliphatic rings. The van der Waals surface area contributed by atoms with Crippen LogP contribution in [-0.2, 0) is 65.4 Å². The first kappa shape index (κ1) is 95.1. The van der Waals surface area contributed by atoms with Crippen molar-refractivity contribution in [1.29, 1.82) is 0 Å². The molecule has 0 aliphatic heterocycles. The smallest absolute Gasteiger partial charge is 0.462 e. The molecule has 0 saturated carbocycles. The second kappa shape index (κ2) is 69.8. The van der Waals surface area contributed by atoms with Gasteiger partial charge in [0.1, 0.15) is 19.3 Å². The van der Waals surface area contributed by atoms with Crippen LogP contribution in [0.2, 0.25) is 0 Å². The Hall–Kier alpha value is -1.94. The first-order valence-corrected chi connectivity index (χ1v) is 43.6. The van der Waals surface area contributed by atoms with Crippen molar-refractivity contribution in [2.45, 2.75) is 426 Å². The monoisotopic (exact) mass is 1420 g/mol. The predicted octanol–water partition coefficient (Wildman–Crippen LogP) is 23.1. The van der Waals surface area contributed by atoms with Gasteiger partial charge in [-0.2, -0.15) is 0 Å². The number of phosphoric acid groups is 2. The summed E-state index contributed by atoms with van der Waals surface area (Å²) in [6, 6.07) is 0. The van der Waals surface area contributed by atoms with Gasteiger partial charge in [0.2, 0.25) is 0 Å². The van der Waals surface area contributed by atoms with Crippen LogP contribution in [0.25, 0.3) is 0 Å². The molecule has 0 fully saturated rings. The van der Waals surface area contributed by atoms with Gasteiger partial charge in [-0.3, -0.25) is 37.3 Å². The molecule has 0 bridgehead atoms. The number of carbonyl (C=O) groups is 4. The molecule has 4 unspecified atom stereocenters. The van der Waals surface area contributed by atoms with Crippen LogP contribution in [0.4, 0.5) is 0 Å². The van der Waals surface area contributed by atoms with E-state index < -0.39 is 97.5 Å². The summed E-state index contributed by atoms with van der Waals surface area (Å²) in [5.74, 6) is -0.566. The Morgan fingerprint density at radius 2 is 0.495 bits per heavy atom. The molecule has 0 spiro atoms. The molecule has 3 N–H and O–H groups in total. The molecule has 0 aliphatic carbocycles. The van der Waals surface area contributed by atoms with Crippen LogP contribution in [0.15, 0.2) is 0 Å². The molecule has 0 amide bonds. The molecule has 0 aromatic rings. The summed E-state index contributed by atoms with van der Waals surface area (Å²) in [4.78, 5) is 72.9. The summed E-state index contributed by atoms with van der Waals surface area (Å²) in [5.41, 5.74) is 0. The zero-order valence-corrected chi connectivity index (χ0v) is 65.2. The Bertz CT molecular complexity index is 1880. The maximum atomic E-state index is 13.1. The van der Waals surface area contributed by atoms with E-state index in [9.17, 15) is 43.2 Å². The summed E-state index contributed by atoms with van der Waals surface area (Å²) < 4.78 is 68.6. The van der Waals surface area contributed by atoms with Gasteiger partial charge in [0.25, 0.3) is 0 Å². The van der Waals surface area contributed by atoms with Crippen LogP contribution in [0.3, 0.4) is 0 Å². The van der Waals surface area contributed by atoms with Gasteiger partial charge in [0.05, 0.1) is 26.4 Å². The lowest BCUT2D eigenvalue weighted by Crippen LogP contribution is -2.30. The minimum absolute atomic E-state index is 0.105. The number of aliphatic hydroxyl groups excluding tert-OH is 1. The van der Waals surface area contributed by atoms with E-state index >= 15 is 0 Å². The summed E-state index contributed by atoms with van der Waals surface area (Å²) in [6.45, 7) is 9.62. The first-order valence-electron chi connectivity index (χ1n) is 40.6. The van der Waals surface area contributed by atoms with Crippen molar-refractivity contribution in [1.82, 2.24) is 0 Å². The standard InChI is InChI=1S/C78H152O17P2/c1-7-11-13-15-17-19-21-23-25-26-27-29-31-33-35-44-50-56-62-77(82)94-73(66-88-75(80)60-54-48-42-34-32-30-28-24-22-20-18-16-14-12-8-2)68-92-96(84,85)90-64-72(79)65-91-97(86,87)93-69-74(95-78(83)63-57-51-45-39-37-41-47-53-59-71(6)10-4)67-89-76(81)61-55-49-43-38-36-40-46-52-58-70(5)9-3/h70-74,79H,7-69H2,1-6H3,(H,84,85)(H,86,87)/t70?,71?,72-,73-,74-/m1/s1. The highest BCUT2D eigenvalue weighted by Gasteiger charge is 2.30. The number of unbranched alkanes of at least 4 members (excludes halogenated alkanes) is 45. The third kappa shape index (κ3) is 69.5. The average molecular weight is 1420 g/mol. The Balaban J connectivity index is 5.26. The van der Waals surface area contributed by atoms with Gasteiger partial charge in [-0.05, 0) is 37.5 Å². The van der Waals surface area contributed by atoms with Crippen molar-refractivity contribution in [2.24, 2.45) is 11.8 Å². The lowest BCUT2D eigenvalue weighted by atomic mass is 9.99. The quantitative estimate of drug-likeness (QED) is 0.0222. The van der Waals surface area contributed by atoms with Gasteiger partial charge in [-0.1, -0.05) is 356 Å². The number of phosphoric ester groups is 2. The average Bonchev–Trinajstić information content (AvgIpc) is 1.81. The Labute approximate surface area is 594 Å².